The van der Waals surface area contributed by atoms with Gasteiger partial charge < -0.3 is 10.2 Å². The van der Waals surface area contributed by atoms with Gasteiger partial charge in [0.15, 0.2) is 0 Å². The van der Waals surface area contributed by atoms with E-state index < -0.39 is 0 Å². The van der Waals surface area contributed by atoms with Gasteiger partial charge in [-0.15, -0.1) is 0 Å². The van der Waals surface area contributed by atoms with Crippen molar-refractivity contribution in [3.05, 3.63) is 28.5 Å². The number of nitrogens with one attached hydrogen (secondary N) is 1. The minimum absolute atomic E-state index is 0.780. The molecule has 0 amide bonds. The third-order valence-electron chi connectivity index (χ3n) is 3.83. The topological polar surface area (TPSA) is 28.2 Å². The van der Waals surface area contributed by atoms with Crippen molar-refractivity contribution in [2.24, 2.45) is 0 Å². The maximum absolute atomic E-state index is 4.36. The van der Waals surface area contributed by atoms with Crippen LogP contribution in [0, 0.1) is 0 Å². The maximum Gasteiger partial charge on any atom is 0.0542 e. The molecule has 0 aliphatic carbocycles. The number of rotatable bonds is 6. The summed E-state index contributed by atoms with van der Waals surface area (Å²) in [5.74, 6) is 0. The van der Waals surface area contributed by atoms with E-state index in [1.54, 1.807) is 0 Å². The highest BCUT2D eigenvalue weighted by atomic mass is 79.9. The number of piperidine rings is 1. The highest BCUT2D eigenvalue weighted by Gasteiger charge is 2.16. The van der Waals surface area contributed by atoms with Crippen LogP contribution in [-0.2, 0) is 6.54 Å². The molecule has 1 saturated heterocycles. The third-order valence-corrected chi connectivity index (χ3v) is 4.30. The van der Waals surface area contributed by atoms with E-state index >= 15 is 0 Å². The summed E-state index contributed by atoms with van der Waals surface area (Å²) >= 11 is 3.40. The summed E-state index contributed by atoms with van der Waals surface area (Å²) in [7, 11) is 0. The Bertz CT molecular complexity index is 366. The number of hydrogen-bond acceptors (Lipinski definition) is 3. The maximum atomic E-state index is 4.36. The summed E-state index contributed by atoms with van der Waals surface area (Å²) in [5, 5.41) is 3.47. The first-order valence-corrected chi connectivity index (χ1v) is 8.10. The molecule has 2 rings (SSSR count). The van der Waals surface area contributed by atoms with Gasteiger partial charge in [-0.3, -0.25) is 4.98 Å². The largest absolute Gasteiger partial charge is 0.311 e. The molecule has 106 valence electrons. The van der Waals surface area contributed by atoms with Gasteiger partial charge in [0.05, 0.1) is 5.69 Å². The lowest BCUT2D eigenvalue weighted by molar-refractivity contribution is 0.159. The summed E-state index contributed by atoms with van der Waals surface area (Å²) in [6.07, 6.45) is 7.23. The molecule has 2 heterocycles. The zero-order valence-corrected chi connectivity index (χ0v) is 13.3. The number of hydrogen-bond donors (Lipinski definition) is 1. The quantitative estimate of drug-likeness (QED) is 0.814. The summed E-state index contributed by atoms with van der Waals surface area (Å²) in [4.78, 5) is 6.99. The predicted octanol–water partition coefficient (Wildman–Crippen LogP) is 3.20. The normalized spacial score (nSPS) is 20.6. The first-order valence-electron chi connectivity index (χ1n) is 7.31. The number of aromatic nitrogens is 1. The Kier molecular flexibility index (Phi) is 6.28. The average molecular weight is 326 g/mol. The van der Waals surface area contributed by atoms with Crippen molar-refractivity contribution in [3.8, 4) is 0 Å². The van der Waals surface area contributed by atoms with Crippen LogP contribution in [0.25, 0.3) is 0 Å². The van der Waals surface area contributed by atoms with Gasteiger partial charge in [-0.2, -0.15) is 0 Å². The van der Waals surface area contributed by atoms with Crippen LogP contribution in [0.2, 0.25) is 0 Å². The molecule has 1 unspecified atom stereocenters. The molecule has 1 aliphatic heterocycles. The fourth-order valence-corrected chi connectivity index (χ4v) is 2.86. The number of halogens is 1. The molecular formula is C15H24BrN3. The Labute approximate surface area is 124 Å². The zero-order valence-electron chi connectivity index (χ0n) is 11.7. The van der Waals surface area contributed by atoms with E-state index in [2.05, 4.69) is 44.1 Å². The number of nitrogens with zero attached hydrogens (tertiary/aromatic N) is 2. The molecule has 3 nitrogen and oxygen atoms in total. The van der Waals surface area contributed by atoms with Crippen molar-refractivity contribution in [3.63, 3.8) is 0 Å². The van der Waals surface area contributed by atoms with E-state index in [1.807, 2.05) is 12.3 Å². The Morgan fingerprint density at radius 2 is 2.32 bits per heavy atom. The second-order valence-electron chi connectivity index (χ2n) is 5.38. The van der Waals surface area contributed by atoms with Crippen molar-refractivity contribution in [1.29, 1.82) is 0 Å². The molecule has 4 heteroatoms. The van der Waals surface area contributed by atoms with Gasteiger partial charge in [0.2, 0.25) is 0 Å². The number of likely N-dealkylation sites (tertiary alicyclic amines) is 1. The molecule has 0 aromatic carbocycles. The summed E-state index contributed by atoms with van der Waals surface area (Å²) in [5.41, 5.74) is 1.11. The molecule has 1 aromatic rings. The fraction of sp³-hybridized carbons (Fsp3) is 0.667. The lowest BCUT2D eigenvalue weighted by atomic mass is 10.0. The van der Waals surface area contributed by atoms with Crippen molar-refractivity contribution in [2.75, 3.05) is 19.6 Å². The summed E-state index contributed by atoms with van der Waals surface area (Å²) in [6.45, 7) is 6.81. The molecule has 1 aliphatic rings. The Morgan fingerprint density at radius 3 is 3.05 bits per heavy atom. The first-order chi connectivity index (χ1) is 9.25. The molecule has 0 spiro atoms. The summed E-state index contributed by atoms with van der Waals surface area (Å²) in [6, 6.07) is 4.88. The minimum Gasteiger partial charge on any atom is -0.311 e. The highest BCUT2D eigenvalue weighted by molar-refractivity contribution is 9.10. The fourth-order valence-electron chi connectivity index (χ4n) is 2.62. The van der Waals surface area contributed by atoms with Crippen molar-refractivity contribution >= 4 is 15.9 Å². The van der Waals surface area contributed by atoms with Crippen molar-refractivity contribution in [1.82, 2.24) is 15.2 Å². The van der Waals surface area contributed by atoms with E-state index in [-0.39, 0.29) is 0 Å². The van der Waals surface area contributed by atoms with Gasteiger partial charge in [0.1, 0.15) is 0 Å². The van der Waals surface area contributed by atoms with Gasteiger partial charge >= 0.3 is 0 Å². The van der Waals surface area contributed by atoms with Crippen LogP contribution >= 0.6 is 15.9 Å². The molecular weight excluding hydrogens is 302 g/mol. The lowest BCUT2D eigenvalue weighted by Crippen LogP contribution is -2.38. The standard InChI is InChI=1S/C15H24BrN3/c1-13-5-2-3-9-19(13)10-4-8-17-12-15-7-6-14(16)11-18-15/h6-7,11,13,17H,2-5,8-10,12H2,1H3. The molecule has 0 bridgehead atoms. The van der Waals surface area contributed by atoms with Crippen molar-refractivity contribution in [2.45, 2.75) is 45.2 Å². The molecule has 0 saturated carbocycles. The highest BCUT2D eigenvalue weighted by Crippen LogP contribution is 2.16. The van der Waals surface area contributed by atoms with Gasteiger partial charge in [-0.25, -0.2) is 0 Å². The lowest BCUT2D eigenvalue weighted by Gasteiger charge is -2.33. The molecule has 19 heavy (non-hydrogen) atoms. The van der Waals surface area contributed by atoms with Crippen LogP contribution < -0.4 is 5.32 Å². The van der Waals surface area contributed by atoms with Gasteiger partial charge in [-0.05, 0) is 73.9 Å². The summed E-state index contributed by atoms with van der Waals surface area (Å²) < 4.78 is 1.04. The average Bonchev–Trinajstić information content (AvgIpc) is 2.42. The predicted molar refractivity (Wildman–Crippen MR) is 83.1 cm³/mol. The smallest absolute Gasteiger partial charge is 0.0542 e. The second-order valence-corrected chi connectivity index (χ2v) is 6.29. The van der Waals surface area contributed by atoms with Crippen LogP contribution in [-0.4, -0.2) is 35.6 Å². The van der Waals surface area contributed by atoms with Gasteiger partial charge in [0.25, 0.3) is 0 Å². The van der Waals surface area contributed by atoms with Crippen molar-refractivity contribution < 1.29 is 0 Å². The van der Waals surface area contributed by atoms with E-state index in [4.69, 9.17) is 0 Å². The molecule has 1 atom stereocenters. The molecule has 1 fully saturated rings. The van der Waals surface area contributed by atoms with E-state index in [0.29, 0.717) is 0 Å². The van der Waals surface area contributed by atoms with Crippen LogP contribution in [0.3, 0.4) is 0 Å². The van der Waals surface area contributed by atoms with Crippen LogP contribution in [0.15, 0.2) is 22.8 Å². The molecule has 0 radical (unpaired) electrons. The Hall–Kier alpha value is -0.450. The SMILES string of the molecule is CC1CCCCN1CCCNCc1ccc(Br)cn1. The zero-order chi connectivity index (χ0) is 13.5. The van der Waals surface area contributed by atoms with Crippen LogP contribution in [0.4, 0.5) is 0 Å². The van der Waals surface area contributed by atoms with E-state index in [0.717, 1.165) is 29.3 Å². The Balaban J connectivity index is 1.58. The first kappa shape index (κ1) is 14.9. The minimum atomic E-state index is 0.780. The van der Waals surface area contributed by atoms with Crippen LogP contribution in [0.5, 0.6) is 0 Å². The number of pyridine rings is 1. The van der Waals surface area contributed by atoms with E-state index in [1.165, 1.54) is 38.8 Å². The van der Waals surface area contributed by atoms with Gasteiger partial charge in [0, 0.05) is 23.3 Å². The monoisotopic (exact) mass is 325 g/mol. The van der Waals surface area contributed by atoms with E-state index in [9.17, 15) is 0 Å². The van der Waals surface area contributed by atoms with Crippen LogP contribution in [0.1, 0.15) is 38.3 Å². The molecule has 1 aromatic heterocycles. The Morgan fingerprint density at radius 1 is 1.42 bits per heavy atom. The second kappa shape index (κ2) is 7.98. The molecule has 1 N–H and O–H groups in total. The third kappa shape index (κ3) is 5.21. The van der Waals surface area contributed by atoms with Gasteiger partial charge in [-0.1, -0.05) is 6.42 Å².